The Kier molecular flexibility index (Phi) is 6.02. The molecule has 2 heteroatoms. The SMILES string of the molecule is CC1CCC(N(CCF)Cc2ccc(C(C)(C)C)cc2)CC1. The van der Waals surface area contributed by atoms with E-state index in [9.17, 15) is 4.39 Å². The number of hydrogen-bond donors (Lipinski definition) is 0. The van der Waals surface area contributed by atoms with Crippen LogP contribution in [0.1, 0.15) is 64.5 Å². The number of halogens is 1. The summed E-state index contributed by atoms with van der Waals surface area (Å²) in [6.07, 6.45) is 5.02. The fourth-order valence-electron chi connectivity index (χ4n) is 3.45. The second-order valence-corrected chi connectivity index (χ2v) is 8.02. The highest BCUT2D eigenvalue weighted by Gasteiger charge is 2.24. The fraction of sp³-hybridized carbons (Fsp3) is 0.700. The molecule has 0 atom stereocenters. The van der Waals surface area contributed by atoms with E-state index in [0.29, 0.717) is 12.6 Å². The fourth-order valence-corrected chi connectivity index (χ4v) is 3.45. The molecule has 0 bridgehead atoms. The van der Waals surface area contributed by atoms with Gasteiger partial charge in [0, 0.05) is 19.1 Å². The molecular weight excluding hydrogens is 273 g/mol. The van der Waals surface area contributed by atoms with Crippen LogP contribution in [0.4, 0.5) is 4.39 Å². The molecule has 1 aliphatic carbocycles. The zero-order valence-electron chi connectivity index (χ0n) is 14.7. The Morgan fingerprint density at radius 2 is 1.64 bits per heavy atom. The van der Waals surface area contributed by atoms with Gasteiger partial charge in [-0.3, -0.25) is 4.90 Å². The van der Waals surface area contributed by atoms with E-state index in [0.717, 1.165) is 12.5 Å². The van der Waals surface area contributed by atoms with Gasteiger partial charge < -0.3 is 0 Å². The molecule has 22 heavy (non-hydrogen) atoms. The summed E-state index contributed by atoms with van der Waals surface area (Å²) in [7, 11) is 0. The summed E-state index contributed by atoms with van der Waals surface area (Å²) in [6.45, 7) is 10.3. The molecule has 1 fully saturated rings. The maximum atomic E-state index is 13.0. The van der Waals surface area contributed by atoms with Crippen LogP contribution >= 0.6 is 0 Å². The molecule has 0 aliphatic heterocycles. The van der Waals surface area contributed by atoms with Gasteiger partial charge in [-0.25, -0.2) is 4.39 Å². The van der Waals surface area contributed by atoms with E-state index in [1.54, 1.807) is 0 Å². The van der Waals surface area contributed by atoms with Crippen LogP contribution in [0, 0.1) is 5.92 Å². The Hall–Kier alpha value is -0.890. The zero-order chi connectivity index (χ0) is 16.2. The van der Waals surface area contributed by atoms with Crippen LogP contribution in [0.3, 0.4) is 0 Å². The van der Waals surface area contributed by atoms with Gasteiger partial charge in [-0.1, -0.05) is 52.0 Å². The van der Waals surface area contributed by atoms with E-state index in [1.165, 1.54) is 36.8 Å². The van der Waals surface area contributed by atoms with Crippen LogP contribution in [0.25, 0.3) is 0 Å². The van der Waals surface area contributed by atoms with Crippen molar-refractivity contribution in [3.63, 3.8) is 0 Å². The molecule has 0 saturated heterocycles. The highest BCUT2D eigenvalue weighted by Crippen LogP contribution is 2.28. The lowest BCUT2D eigenvalue weighted by atomic mass is 9.86. The Morgan fingerprint density at radius 3 is 2.14 bits per heavy atom. The van der Waals surface area contributed by atoms with Crippen molar-refractivity contribution < 1.29 is 4.39 Å². The molecule has 0 amide bonds. The minimum atomic E-state index is -0.244. The second-order valence-electron chi connectivity index (χ2n) is 8.02. The van der Waals surface area contributed by atoms with E-state index in [-0.39, 0.29) is 12.1 Å². The normalized spacial score (nSPS) is 23.0. The lowest BCUT2D eigenvalue weighted by molar-refractivity contribution is 0.124. The van der Waals surface area contributed by atoms with Gasteiger partial charge in [-0.15, -0.1) is 0 Å². The van der Waals surface area contributed by atoms with Crippen molar-refractivity contribution in [3.8, 4) is 0 Å². The van der Waals surface area contributed by atoms with E-state index >= 15 is 0 Å². The number of alkyl halides is 1. The van der Waals surface area contributed by atoms with Gasteiger partial charge in [0.2, 0.25) is 0 Å². The van der Waals surface area contributed by atoms with Crippen molar-refractivity contribution in [1.29, 1.82) is 0 Å². The van der Waals surface area contributed by atoms with E-state index < -0.39 is 0 Å². The van der Waals surface area contributed by atoms with Crippen LogP contribution < -0.4 is 0 Å². The molecule has 0 aromatic heterocycles. The van der Waals surface area contributed by atoms with Gasteiger partial charge in [0.05, 0.1) is 0 Å². The van der Waals surface area contributed by atoms with Crippen molar-refractivity contribution >= 4 is 0 Å². The Labute approximate surface area is 135 Å². The summed E-state index contributed by atoms with van der Waals surface area (Å²) in [5.41, 5.74) is 2.86. The number of hydrogen-bond acceptors (Lipinski definition) is 1. The van der Waals surface area contributed by atoms with Crippen LogP contribution in [-0.2, 0) is 12.0 Å². The summed E-state index contributed by atoms with van der Waals surface area (Å²) in [5.74, 6) is 0.842. The van der Waals surface area contributed by atoms with E-state index in [1.807, 2.05) is 0 Å². The molecule has 0 heterocycles. The second kappa shape index (κ2) is 7.59. The van der Waals surface area contributed by atoms with Gasteiger partial charge in [0.25, 0.3) is 0 Å². The van der Waals surface area contributed by atoms with Crippen LogP contribution in [0.2, 0.25) is 0 Å². The minimum Gasteiger partial charge on any atom is -0.294 e. The molecule has 124 valence electrons. The van der Waals surface area contributed by atoms with Gasteiger partial charge in [-0.2, -0.15) is 0 Å². The molecule has 2 rings (SSSR count). The molecule has 1 aliphatic rings. The average molecular weight is 305 g/mol. The monoisotopic (exact) mass is 305 g/mol. The first kappa shape index (κ1) is 17.5. The van der Waals surface area contributed by atoms with Crippen molar-refractivity contribution in [2.45, 2.75) is 71.4 Å². The summed E-state index contributed by atoms with van der Waals surface area (Å²) < 4.78 is 13.0. The topological polar surface area (TPSA) is 3.24 Å². The Bertz CT molecular complexity index is 438. The van der Waals surface area contributed by atoms with E-state index in [2.05, 4.69) is 56.9 Å². The number of rotatable bonds is 5. The summed E-state index contributed by atoms with van der Waals surface area (Å²) in [4.78, 5) is 2.36. The first-order chi connectivity index (χ1) is 10.4. The first-order valence-corrected chi connectivity index (χ1v) is 8.79. The van der Waals surface area contributed by atoms with Crippen molar-refractivity contribution in [1.82, 2.24) is 4.90 Å². The van der Waals surface area contributed by atoms with Crippen LogP contribution in [0.5, 0.6) is 0 Å². The van der Waals surface area contributed by atoms with E-state index in [4.69, 9.17) is 0 Å². The molecule has 1 saturated carbocycles. The third-order valence-electron chi connectivity index (χ3n) is 5.08. The summed E-state index contributed by atoms with van der Waals surface area (Å²) in [5, 5.41) is 0. The minimum absolute atomic E-state index is 0.191. The maximum absolute atomic E-state index is 13.0. The van der Waals surface area contributed by atoms with Gasteiger partial charge in [0.1, 0.15) is 6.67 Å². The predicted molar refractivity (Wildman–Crippen MR) is 92.9 cm³/mol. The van der Waals surface area contributed by atoms with Gasteiger partial charge in [0.15, 0.2) is 0 Å². The molecular formula is C20H32FN. The first-order valence-electron chi connectivity index (χ1n) is 8.79. The van der Waals surface area contributed by atoms with Crippen molar-refractivity contribution in [3.05, 3.63) is 35.4 Å². The lowest BCUT2D eigenvalue weighted by Crippen LogP contribution is -2.38. The van der Waals surface area contributed by atoms with Crippen LogP contribution in [0.15, 0.2) is 24.3 Å². The third kappa shape index (κ3) is 4.81. The molecule has 0 radical (unpaired) electrons. The number of benzene rings is 1. The smallest absolute Gasteiger partial charge is 0.102 e. The number of nitrogens with zero attached hydrogens (tertiary/aromatic N) is 1. The summed E-state index contributed by atoms with van der Waals surface area (Å²) in [6, 6.07) is 9.46. The molecule has 0 N–H and O–H groups in total. The highest BCUT2D eigenvalue weighted by molar-refractivity contribution is 5.27. The molecule has 0 unspecified atom stereocenters. The predicted octanol–water partition coefficient (Wildman–Crippen LogP) is 5.33. The summed E-state index contributed by atoms with van der Waals surface area (Å²) >= 11 is 0. The van der Waals surface area contributed by atoms with Crippen molar-refractivity contribution in [2.24, 2.45) is 5.92 Å². The molecule has 1 aromatic carbocycles. The standard InChI is InChI=1S/C20H32FN/c1-16-5-11-19(12-6-16)22(14-13-21)15-17-7-9-18(10-8-17)20(2,3)4/h7-10,16,19H,5-6,11-15H2,1-4H3. The zero-order valence-corrected chi connectivity index (χ0v) is 14.7. The molecule has 0 spiro atoms. The third-order valence-corrected chi connectivity index (χ3v) is 5.08. The quantitative estimate of drug-likeness (QED) is 0.710. The molecule has 1 nitrogen and oxygen atoms in total. The van der Waals surface area contributed by atoms with Gasteiger partial charge >= 0.3 is 0 Å². The van der Waals surface area contributed by atoms with Crippen molar-refractivity contribution in [2.75, 3.05) is 13.2 Å². The van der Waals surface area contributed by atoms with Crippen LogP contribution in [-0.4, -0.2) is 24.2 Å². The van der Waals surface area contributed by atoms with Gasteiger partial charge in [-0.05, 0) is 48.1 Å². The Balaban J connectivity index is 2.01. The largest absolute Gasteiger partial charge is 0.294 e. The maximum Gasteiger partial charge on any atom is 0.102 e. The Morgan fingerprint density at radius 1 is 1.05 bits per heavy atom. The molecule has 1 aromatic rings. The average Bonchev–Trinajstić information content (AvgIpc) is 2.47. The highest BCUT2D eigenvalue weighted by atomic mass is 19.1. The lowest BCUT2D eigenvalue weighted by Gasteiger charge is -2.35.